The van der Waals surface area contributed by atoms with Crippen molar-refractivity contribution in [3.8, 4) is 5.69 Å². The van der Waals surface area contributed by atoms with Crippen molar-refractivity contribution in [1.82, 2.24) is 14.8 Å². The second kappa shape index (κ2) is 5.00. The van der Waals surface area contributed by atoms with Gasteiger partial charge in [-0.25, -0.2) is 4.68 Å². The number of rotatable bonds is 3. The van der Waals surface area contributed by atoms with Crippen LogP contribution in [0.2, 0.25) is 0 Å². The van der Waals surface area contributed by atoms with Gasteiger partial charge in [-0.15, -0.1) is 0 Å². The Balaban J connectivity index is 2.25. The number of aliphatic hydroxyl groups is 1. The third-order valence-electron chi connectivity index (χ3n) is 2.64. The van der Waals surface area contributed by atoms with Crippen LogP contribution in [-0.4, -0.2) is 19.9 Å². The molecule has 0 saturated carbocycles. The van der Waals surface area contributed by atoms with Gasteiger partial charge < -0.3 is 5.11 Å². The summed E-state index contributed by atoms with van der Waals surface area (Å²) in [6.07, 6.45) is -2.02. The molecule has 0 amide bonds. The molecule has 0 radical (unpaired) electrons. The van der Waals surface area contributed by atoms with E-state index in [0.29, 0.717) is 17.8 Å². The molecule has 19 heavy (non-hydrogen) atoms. The Kier molecular flexibility index (Phi) is 3.57. The minimum atomic E-state index is -4.46. The molecule has 2 heterocycles. The van der Waals surface area contributed by atoms with Gasteiger partial charge >= 0.3 is 6.18 Å². The molecule has 0 fully saturated rings. The molecule has 0 saturated heterocycles. The molecule has 0 spiro atoms. The fourth-order valence-corrected chi connectivity index (χ4v) is 1.56. The number of aliphatic hydroxyl groups excluding tert-OH is 1. The average molecular weight is 271 g/mol. The average Bonchev–Trinajstić information content (AvgIpc) is 2.87. The summed E-state index contributed by atoms with van der Waals surface area (Å²) in [6, 6.07) is 4.03. The lowest BCUT2D eigenvalue weighted by molar-refractivity contribution is -0.141. The van der Waals surface area contributed by atoms with Crippen LogP contribution >= 0.6 is 0 Å². The molecule has 1 atom stereocenters. The summed E-state index contributed by atoms with van der Waals surface area (Å²) in [5.41, 5.74) is -0.0674. The maximum absolute atomic E-state index is 12.4. The Labute approximate surface area is 107 Å². The van der Waals surface area contributed by atoms with Crippen molar-refractivity contribution >= 4 is 0 Å². The first-order valence-electron chi connectivity index (χ1n) is 5.69. The van der Waals surface area contributed by atoms with E-state index in [-0.39, 0.29) is 0 Å². The molecule has 2 aromatic heterocycles. The van der Waals surface area contributed by atoms with Gasteiger partial charge in [0.25, 0.3) is 0 Å². The summed E-state index contributed by atoms with van der Waals surface area (Å²) in [4.78, 5) is 4.01. The molecule has 0 aliphatic heterocycles. The fraction of sp³-hybridized carbons (Fsp3) is 0.333. The van der Waals surface area contributed by atoms with Crippen LogP contribution in [0, 0.1) is 0 Å². The minimum Gasteiger partial charge on any atom is -0.387 e. The van der Waals surface area contributed by atoms with Crippen molar-refractivity contribution in [2.75, 3.05) is 0 Å². The Morgan fingerprint density at radius 2 is 2.05 bits per heavy atom. The Bertz CT molecular complexity index is 548. The monoisotopic (exact) mass is 271 g/mol. The summed E-state index contributed by atoms with van der Waals surface area (Å²) in [5.74, 6) is 0. The van der Waals surface area contributed by atoms with E-state index in [4.69, 9.17) is 0 Å². The highest BCUT2D eigenvalue weighted by Gasteiger charge is 2.33. The molecule has 0 aliphatic carbocycles. The van der Waals surface area contributed by atoms with Gasteiger partial charge in [0.2, 0.25) is 0 Å². The highest BCUT2D eigenvalue weighted by Crippen LogP contribution is 2.27. The first-order chi connectivity index (χ1) is 8.91. The first-order valence-corrected chi connectivity index (χ1v) is 5.69. The summed E-state index contributed by atoms with van der Waals surface area (Å²) in [5, 5.41) is 13.0. The van der Waals surface area contributed by atoms with Crippen LogP contribution in [0.1, 0.15) is 30.8 Å². The van der Waals surface area contributed by atoms with Crippen molar-refractivity contribution in [2.24, 2.45) is 0 Å². The Morgan fingerprint density at radius 3 is 2.53 bits per heavy atom. The van der Waals surface area contributed by atoms with Crippen LogP contribution in [0.25, 0.3) is 5.69 Å². The normalized spacial score (nSPS) is 13.5. The number of aromatic nitrogens is 3. The SMILES string of the molecule is CC[C@H](O)c1ccc(-n2ccc(C(F)(F)F)n2)cn1. The van der Waals surface area contributed by atoms with Crippen molar-refractivity contribution in [3.63, 3.8) is 0 Å². The molecular weight excluding hydrogens is 259 g/mol. The second-order valence-corrected chi connectivity index (χ2v) is 4.01. The lowest BCUT2D eigenvalue weighted by Crippen LogP contribution is -2.07. The van der Waals surface area contributed by atoms with Crippen molar-refractivity contribution < 1.29 is 18.3 Å². The topological polar surface area (TPSA) is 50.9 Å². The van der Waals surface area contributed by atoms with E-state index in [0.717, 1.165) is 10.7 Å². The summed E-state index contributed by atoms with van der Waals surface area (Å²) in [7, 11) is 0. The zero-order valence-corrected chi connectivity index (χ0v) is 10.1. The number of hydrogen-bond acceptors (Lipinski definition) is 3. The van der Waals surface area contributed by atoms with E-state index in [1.807, 2.05) is 6.92 Å². The van der Waals surface area contributed by atoms with Crippen molar-refractivity contribution in [2.45, 2.75) is 25.6 Å². The predicted molar refractivity (Wildman–Crippen MR) is 61.6 cm³/mol. The van der Waals surface area contributed by atoms with Crippen molar-refractivity contribution in [1.29, 1.82) is 0 Å². The Morgan fingerprint density at radius 1 is 1.32 bits per heavy atom. The summed E-state index contributed by atoms with van der Waals surface area (Å²) < 4.78 is 38.3. The second-order valence-electron chi connectivity index (χ2n) is 4.01. The molecule has 7 heteroatoms. The third kappa shape index (κ3) is 2.93. The van der Waals surface area contributed by atoms with E-state index in [1.165, 1.54) is 12.4 Å². The highest BCUT2D eigenvalue weighted by molar-refractivity contribution is 5.29. The molecule has 1 N–H and O–H groups in total. The van der Waals surface area contributed by atoms with E-state index in [9.17, 15) is 18.3 Å². The van der Waals surface area contributed by atoms with E-state index < -0.39 is 18.0 Å². The Hall–Kier alpha value is -1.89. The lowest BCUT2D eigenvalue weighted by Gasteiger charge is -2.08. The molecule has 0 unspecified atom stereocenters. The molecule has 4 nitrogen and oxygen atoms in total. The maximum Gasteiger partial charge on any atom is 0.435 e. The zero-order chi connectivity index (χ0) is 14.0. The molecule has 102 valence electrons. The van der Waals surface area contributed by atoms with Gasteiger partial charge in [0.15, 0.2) is 5.69 Å². The van der Waals surface area contributed by atoms with E-state index in [1.54, 1.807) is 12.1 Å². The molecule has 2 aromatic rings. The van der Waals surface area contributed by atoms with Gasteiger partial charge in [-0.05, 0) is 24.6 Å². The van der Waals surface area contributed by atoms with Crippen LogP contribution in [-0.2, 0) is 6.18 Å². The van der Waals surface area contributed by atoms with E-state index >= 15 is 0 Å². The van der Waals surface area contributed by atoms with Crippen LogP contribution in [0.4, 0.5) is 13.2 Å². The summed E-state index contributed by atoms with van der Waals surface area (Å²) >= 11 is 0. The number of hydrogen-bond donors (Lipinski definition) is 1. The van der Waals surface area contributed by atoms with Gasteiger partial charge in [-0.2, -0.15) is 18.3 Å². The van der Waals surface area contributed by atoms with Gasteiger partial charge in [0.1, 0.15) is 0 Å². The third-order valence-corrected chi connectivity index (χ3v) is 2.64. The quantitative estimate of drug-likeness (QED) is 0.933. The van der Waals surface area contributed by atoms with Crippen LogP contribution < -0.4 is 0 Å². The summed E-state index contributed by atoms with van der Waals surface area (Å²) in [6.45, 7) is 1.81. The molecule has 0 bridgehead atoms. The van der Waals surface area contributed by atoms with Gasteiger partial charge in [0.05, 0.1) is 23.7 Å². The largest absolute Gasteiger partial charge is 0.435 e. The first kappa shape index (κ1) is 13.5. The number of pyridine rings is 1. The minimum absolute atomic E-state index is 0.405. The van der Waals surface area contributed by atoms with Crippen LogP contribution in [0.15, 0.2) is 30.6 Å². The number of nitrogens with zero attached hydrogens (tertiary/aromatic N) is 3. The van der Waals surface area contributed by atoms with Crippen LogP contribution in [0.3, 0.4) is 0 Å². The van der Waals surface area contributed by atoms with Gasteiger partial charge in [-0.3, -0.25) is 4.98 Å². The van der Waals surface area contributed by atoms with Gasteiger partial charge in [0, 0.05) is 6.20 Å². The molecular formula is C12H12F3N3O. The zero-order valence-electron chi connectivity index (χ0n) is 10.1. The standard InChI is InChI=1S/C12H12F3N3O/c1-2-10(19)9-4-3-8(7-16-9)18-6-5-11(17-18)12(13,14)15/h3-7,10,19H,2H2,1H3/t10-/m0/s1. The molecule has 0 aromatic carbocycles. The van der Waals surface area contributed by atoms with Crippen LogP contribution in [0.5, 0.6) is 0 Å². The maximum atomic E-state index is 12.4. The number of alkyl halides is 3. The van der Waals surface area contributed by atoms with Crippen molar-refractivity contribution in [3.05, 3.63) is 42.0 Å². The highest BCUT2D eigenvalue weighted by atomic mass is 19.4. The van der Waals surface area contributed by atoms with Gasteiger partial charge in [-0.1, -0.05) is 6.92 Å². The predicted octanol–water partition coefficient (Wildman–Crippen LogP) is 2.73. The molecule has 0 aliphatic rings. The smallest absolute Gasteiger partial charge is 0.387 e. The number of halogens is 3. The fourth-order valence-electron chi connectivity index (χ4n) is 1.56. The van der Waals surface area contributed by atoms with E-state index in [2.05, 4.69) is 10.1 Å². The molecule has 2 rings (SSSR count). The lowest BCUT2D eigenvalue weighted by atomic mass is 10.2.